The molecule has 1 N–H and O–H groups in total. The highest BCUT2D eigenvalue weighted by molar-refractivity contribution is 6.62. The second kappa shape index (κ2) is 5.93. The highest BCUT2D eigenvalue weighted by Gasteiger charge is 2.51. The van der Waals surface area contributed by atoms with E-state index in [1.165, 1.54) is 0 Å². The Morgan fingerprint density at radius 2 is 1.82 bits per heavy atom. The fraction of sp³-hybridized carbons (Fsp3) is 0.562. The molecule has 0 unspecified atom stereocenters. The minimum atomic E-state index is -0.469. The summed E-state index contributed by atoms with van der Waals surface area (Å²) >= 11 is 0. The molecule has 0 radical (unpaired) electrons. The zero-order valence-electron chi connectivity index (χ0n) is 14.1. The van der Waals surface area contributed by atoms with Gasteiger partial charge in [-0.25, -0.2) is 0 Å². The average Bonchev–Trinajstić information content (AvgIpc) is 2.67. The van der Waals surface area contributed by atoms with Crippen LogP contribution in [0.1, 0.15) is 45.0 Å². The van der Waals surface area contributed by atoms with Crippen LogP contribution >= 0.6 is 0 Å². The topological polar surface area (TPSA) is 56.8 Å². The number of carbonyl (C=O) groups excluding carboxylic acids is 1. The Kier molecular flexibility index (Phi) is 4.54. The number of hydrogen-bond acceptors (Lipinski definition) is 4. The third-order valence-electron chi connectivity index (χ3n) is 4.30. The van der Waals surface area contributed by atoms with Gasteiger partial charge < -0.3 is 19.4 Å². The first kappa shape index (κ1) is 16.8. The van der Waals surface area contributed by atoms with E-state index in [1.807, 2.05) is 46.8 Å². The first-order valence-corrected chi connectivity index (χ1v) is 7.56. The van der Waals surface area contributed by atoms with Crippen molar-refractivity contribution >= 4 is 18.5 Å². The molecule has 1 amide bonds. The molecule has 1 heterocycles. The van der Waals surface area contributed by atoms with Crippen LogP contribution in [0.15, 0.2) is 18.2 Å². The summed E-state index contributed by atoms with van der Waals surface area (Å²) in [5, 5.41) is 2.61. The fourth-order valence-corrected chi connectivity index (χ4v) is 2.26. The lowest BCUT2D eigenvalue weighted by Crippen LogP contribution is -2.41. The second-order valence-corrected chi connectivity index (χ2v) is 6.36. The number of carbonyl (C=O) groups is 1. The molecule has 6 heteroatoms. The number of amides is 1. The second-order valence-electron chi connectivity index (χ2n) is 6.36. The van der Waals surface area contributed by atoms with Crippen molar-refractivity contribution in [3.63, 3.8) is 0 Å². The van der Waals surface area contributed by atoms with Crippen molar-refractivity contribution in [2.75, 3.05) is 13.7 Å². The lowest BCUT2D eigenvalue weighted by atomic mass is 9.78. The molecule has 0 aromatic heterocycles. The minimum absolute atomic E-state index is 0.177. The van der Waals surface area contributed by atoms with E-state index in [4.69, 9.17) is 14.0 Å². The zero-order valence-corrected chi connectivity index (χ0v) is 14.1. The maximum atomic E-state index is 11.9. The van der Waals surface area contributed by atoms with Crippen molar-refractivity contribution in [3.8, 4) is 5.75 Å². The Hall–Kier alpha value is -1.53. The summed E-state index contributed by atoms with van der Waals surface area (Å²) in [5.41, 5.74) is 0.547. The smallest absolute Gasteiger partial charge is 0.493 e. The summed E-state index contributed by atoms with van der Waals surface area (Å²) in [6.45, 7) is 10.4. The Balaban J connectivity index is 2.34. The van der Waals surface area contributed by atoms with E-state index in [0.29, 0.717) is 17.9 Å². The highest BCUT2D eigenvalue weighted by atomic mass is 16.7. The normalized spacial score (nSPS) is 19.1. The standard InChI is InChI=1S/C16H24BNO4/c1-7-20-13-10-11(8-9-12(13)14(19)18-6)17-21-15(2,3)16(4,5)22-17/h8-10H,7H2,1-6H3,(H,18,19). The quantitative estimate of drug-likeness (QED) is 0.861. The highest BCUT2D eigenvalue weighted by Crippen LogP contribution is 2.36. The van der Waals surface area contributed by atoms with Crippen molar-refractivity contribution in [3.05, 3.63) is 23.8 Å². The Labute approximate surface area is 132 Å². The zero-order chi connectivity index (χ0) is 16.5. The molecule has 2 rings (SSSR count). The maximum Gasteiger partial charge on any atom is 0.494 e. The molecule has 0 spiro atoms. The van der Waals surface area contributed by atoms with Crippen LogP contribution in [-0.2, 0) is 9.31 Å². The van der Waals surface area contributed by atoms with Crippen molar-refractivity contribution < 1.29 is 18.8 Å². The third kappa shape index (κ3) is 2.98. The van der Waals surface area contributed by atoms with Crippen molar-refractivity contribution in [2.45, 2.75) is 45.8 Å². The van der Waals surface area contributed by atoms with Gasteiger partial charge in [-0.1, -0.05) is 6.07 Å². The van der Waals surface area contributed by atoms with E-state index in [1.54, 1.807) is 13.1 Å². The minimum Gasteiger partial charge on any atom is -0.493 e. The van der Waals surface area contributed by atoms with E-state index in [2.05, 4.69) is 5.32 Å². The van der Waals surface area contributed by atoms with Gasteiger partial charge in [0.25, 0.3) is 5.91 Å². The monoisotopic (exact) mass is 305 g/mol. The number of rotatable bonds is 4. The molecule has 1 aliphatic heterocycles. The van der Waals surface area contributed by atoms with Crippen LogP contribution in [0.2, 0.25) is 0 Å². The van der Waals surface area contributed by atoms with Gasteiger partial charge in [-0.15, -0.1) is 0 Å². The maximum absolute atomic E-state index is 11.9. The van der Waals surface area contributed by atoms with Gasteiger partial charge in [0.15, 0.2) is 0 Å². The van der Waals surface area contributed by atoms with Gasteiger partial charge in [-0.05, 0) is 52.2 Å². The molecule has 0 aliphatic carbocycles. The predicted molar refractivity (Wildman–Crippen MR) is 86.7 cm³/mol. The Morgan fingerprint density at radius 1 is 1.23 bits per heavy atom. The summed E-state index contributed by atoms with van der Waals surface area (Å²) in [7, 11) is 1.13. The lowest BCUT2D eigenvalue weighted by molar-refractivity contribution is 0.00578. The van der Waals surface area contributed by atoms with E-state index >= 15 is 0 Å². The number of nitrogens with one attached hydrogen (secondary N) is 1. The SMILES string of the molecule is CCOc1cc(B2OC(C)(C)C(C)(C)O2)ccc1C(=O)NC. The molecule has 0 atom stereocenters. The van der Waals surface area contributed by atoms with Gasteiger partial charge in [0.1, 0.15) is 5.75 Å². The van der Waals surface area contributed by atoms with Crippen LogP contribution in [0.25, 0.3) is 0 Å². The number of ether oxygens (including phenoxy) is 1. The molecule has 1 aromatic rings. The van der Waals surface area contributed by atoms with Crippen LogP contribution in [0.3, 0.4) is 0 Å². The van der Waals surface area contributed by atoms with Crippen molar-refractivity contribution in [2.24, 2.45) is 0 Å². The van der Waals surface area contributed by atoms with Gasteiger partial charge in [-0.3, -0.25) is 4.79 Å². The molecule has 1 saturated heterocycles. The third-order valence-corrected chi connectivity index (χ3v) is 4.30. The summed E-state index contributed by atoms with van der Waals surface area (Å²) in [6, 6.07) is 5.40. The molecular weight excluding hydrogens is 281 g/mol. The fourth-order valence-electron chi connectivity index (χ4n) is 2.26. The first-order valence-electron chi connectivity index (χ1n) is 7.56. The number of hydrogen-bond donors (Lipinski definition) is 1. The molecule has 1 aliphatic rings. The van der Waals surface area contributed by atoms with E-state index < -0.39 is 18.3 Å². The van der Waals surface area contributed by atoms with Gasteiger partial charge in [-0.2, -0.15) is 0 Å². The van der Waals surface area contributed by atoms with E-state index in [0.717, 1.165) is 5.46 Å². The molecule has 1 aromatic carbocycles. The van der Waals surface area contributed by atoms with Crippen molar-refractivity contribution in [1.29, 1.82) is 0 Å². The molecule has 1 fully saturated rings. The molecule has 22 heavy (non-hydrogen) atoms. The van der Waals surface area contributed by atoms with Gasteiger partial charge >= 0.3 is 7.12 Å². The Morgan fingerprint density at radius 3 is 2.32 bits per heavy atom. The average molecular weight is 305 g/mol. The summed E-state index contributed by atoms with van der Waals surface area (Å²) in [4.78, 5) is 11.9. The summed E-state index contributed by atoms with van der Waals surface area (Å²) in [5.74, 6) is 0.359. The Bertz CT molecular complexity index is 555. The van der Waals surface area contributed by atoms with Crippen LogP contribution in [0, 0.1) is 0 Å². The molecule has 0 bridgehead atoms. The molecule has 5 nitrogen and oxygen atoms in total. The van der Waals surface area contributed by atoms with Crippen LogP contribution in [0.5, 0.6) is 5.75 Å². The van der Waals surface area contributed by atoms with Gasteiger partial charge in [0.05, 0.1) is 23.4 Å². The largest absolute Gasteiger partial charge is 0.494 e. The molecular formula is C16H24BNO4. The summed E-state index contributed by atoms with van der Waals surface area (Å²) < 4.78 is 17.7. The molecule has 0 saturated carbocycles. The first-order chi connectivity index (χ1) is 10.2. The van der Waals surface area contributed by atoms with Gasteiger partial charge in [0, 0.05) is 7.05 Å². The summed E-state index contributed by atoms with van der Waals surface area (Å²) in [6.07, 6.45) is 0. The predicted octanol–water partition coefficient (Wildman–Crippen LogP) is 1.74. The van der Waals surface area contributed by atoms with E-state index in [9.17, 15) is 4.79 Å². The number of benzene rings is 1. The van der Waals surface area contributed by atoms with Crippen molar-refractivity contribution in [1.82, 2.24) is 5.32 Å². The van der Waals surface area contributed by atoms with Crippen LogP contribution < -0.4 is 15.5 Å². The van der Waals surface area contributed by atoms with E-state index in [-0.39, 0.29) is 5.91 Å². The van der Waals surface area contributed by atoms with Crippen LogP contribution in [0.4, 0.5) is 0 Å². The van der Waals surface area contributed by atoms with Crippen LogP contribution in [-0.4, -0.2) is 37.9 Å². The lowest BCUT2D eigenvalue weighted by Gasteiger charge is -2.32. The van der Waals surface area contributed by atoms with Gasteiger partial charge in [0.2, 0.25) is 0 Å². The molecule has 120 valence electrons.